The predicted molar refractivity (Wildman–Crippen MR) is 105 cm³/mol. The van der Waals surface area contributed by atoms with E-state index in [1.807, 2.05) is 42.5 Å². The molecule has 0 saturated heterocycles. The first-order valence-corrected chi connectivity index (χ1v) is 8.96. The van der Waals surface area contributed by atoms with E-state index >= 15 is 0 Å². The summed E-state index contributed by atoms with van der Waals surface area (Å²) < 4.78 is 0.745. The number of nitrogens with one attached hydrogen (secondary N) is 1. The number of rotatable bonds is 6. The van der Waals surface area contributed by atoms with Gasteiger partial charge in [0.05, 0.1) is 5.56 Å². The molecule has 0 fully saturated rings. The molecular weight excluding hydrogens is 392 g/mol. The van der Waals surface area contributed by atoms with Gasteiger partial charge < -0.3 is 5.32 Å². The maximum atomic E-state index is 12.3. The van der Waals surface area contributed by atoms with Crippen molar-refractivity contribution in [2.75, 3.05) is 5.32 Å². The van der Waals surface area contributed by atoms with Gasteiger partial charge in [0.2, 0.25) is 0 Å². The third-order valence-electron chi connectivity index (χ3n) is 3.86. The standard InChI is InChI=1S/C21H17BrN2O2/c22-20-6-2-1-5-19(20)21(26)24-17-9-7-15(8-10-17)12-18(25)13-16-4-3-11-23-14-16/h1-11,14H,12-13H2,(H,24,26). The third kappa shape index (κ3) is 4.86. The van der Waals surface area contributed by atoms with Crippen LogP contribution in [0.4, 0.5) is 5.69 Å². The Morgan fingerprint density at radius 3 is 2.31 bits per heavy atom. The lowest BCUT2D eigenvalue weighted by atomic mass is 10.0. The van der Waals surface area contributed by atoms with Crippen molar-refractivity contribution in [2.24, 2.45) is 0 Å². The van der Waals surface area contributed by atoms with E-state index in [0.717, 1.165) is 15.6 Å². The van der Waals surface area contributed by atoms with Crippen LogP contribution in [0.15, 0.2) is 77.5 Å². The summed E-state index contributed by atoms with van der Waals surface area (Å²) in [5.41, 5.74) is 3.09. The number of hydrogen-bond donors (Lipinski definition) is 1. The smallest absolute Gasteiger partial charge is 0.256 e. The van der Waals surface area contributed by atoms with Crippen molar-refractivity contribution >= 4 is 33.3 Å². The average Bonchev–Trinajstić information content (AvgIpc) is 2.64. The van der Waals surface area contributed by atoms with Gasteiger partial charge in [0.1, 0.15) is 5.78 Å². The summed E-state index contributed by atoms with van der Waals surface area (Å²) in [6.07, 6.45) is 4.12. The minimum atomic E-state index is -0.183. The topological polar surface area (TPSA) is 59.1 Å². The van der Waals surface area contributed by atoms with E-state index < -0.39 is 0 Å². The molecule has 0 aliphatic heterocycles. The number of amides is 1. The van der Waals surface area contributed by atoms with Crippen LogP contribution in [0.2, 0.25) is 0 Å². The van der Waals surface area contributed by atoms with Crippen molar-refractivity contribution in [1.82, 2.24) is 4.98 Å². The zero-order valence-corrected chi connectivity index (χ0v) is 15.6. The zero-order chi connectivity index (χ0) is 18.4. The Bertz CT molecular complexity index is 909. The normalized spacial score (nSPS) is 10.3. The SMILES string of the molecule is O=C(Cc1ccc(NC(=O)c2ccccc2Br)cc1)Cc1cccnc1. The van der Waals surface area contributed by atoms with Crippen molar-refractivity contribution in [3.05, 3.63) is 94.2 Å². The molecule has 0 aliphatic rings. The second-order valence-corrected chi connectivity index (χ2v) is 6.74. The van der Waals surface area contributed by atoms with E-state index in [2.05, 4.69) is 26.2 Å². The molecule has 5 heteroatoms. The maximum absolute atomic E-state index is 12.3. The van der Waals surface area contributed by atoms with Crippen molar-refractivity contribution in [2.45, 2.75) is 12.8 Å². The molecule has 0 saturated carbocycles. The molecule has 3 aromatic rings. The molecule has 0 atom stereocenters. The Labute approximate surface area is 160 Å². The Kier molecular flexibility index (Phi) is 5.92. The molecule has 26 heavy (non-hydrogen) atoms. The summed E-state index contributed by atoms with van der Waals surface area (Å²) in [5, 5.41) is 2.86. The lowest BCUT2D eigenvalue weighted by molar-refractivity contribution is -0.117. The molecule has 2 aromatic carbocycles. The highest BCUT2D eigenvalue weighted by Gasteiger charge is 2.10. The Morgan fingerprint density at radius 2 is 1.62 bits per heavy atom. The van der Waals surface area contributed by atoms with Crippen LogP contribution in [0.3, 0.4) is 0 Å². The summed E-state index contributed by atoms with van der Waals surface area (Å²) >= 11 is 3.37. The fourth-order valence-corrected chi connectivity index (χ4v) is 3.04. The van der Waals surface area contributed by atoms with Gasteiger partial charge >= 0.3 is 0 Å². The van der Waals surface area contributed by atoms with Gasteiger partial charge in [-0.15, -0.1) is 0 Å². The summed E-state index contributed by atoms with van der Waals surface area (Å²) in [4.78, 5) is 28.5. The van der Waals surface area contributed by atoms with Crippen LogP contribution in [0, 0.1) is 0 Å². The molecule has 0 aliphatic carbocycles. The molecule has 1 amide bonds. The summed E-state index contributed by atoms with van der Waals surface area (Å²) in [6.45, 7) is 0. The van der Waals surface area contributed by atoms with E-state index in [0.29, 0.717) is 24.1 Å². The van der Waals surface area contributed by atoms with E-state index in [1.165, 1.54) is 0 Å². The number of halogens is 1. The highest BCUT2D eigenvalue weighted by molar-refractivity contribution is 9.10. The number of aromatic nitrogens is 1. The number of ketones is 1. The van der Waals surface area contributed by atoms with Crippen molar-refractivity contribution in [3.63, 3.8) is 0 Å². The molecule has 0 unspecified atom stereocenters. The molecule has 4 nitrogen and oxygen atoms in total. The molecule has 1 aromatic heterocycles. The summed E-state index contributed by atoms with van der Waals surface area (Å²) in [6, 6.07) is 18.3. The van der Waals surface area contributed by atoms with Crippen LogP contribution in [0.25, 0.3) is 0 Å². The molecule has 0 radical (unpaired) electrons. The Hall–Kier alpha value is -2.79. The summed E-state index contributed by atoms with van der Waals surface area (Å²) in [5.74, 6) is -0.0547. The second kappa shape index (κ2) is 8.54. The summed E-state index contributed by atoms with van der Waals surface area (Å²) in [7, 11) is 0. The number of benzene rings is 2. The highest BCUT2D eigenvalue weighted by Crippen LogP contribution is 2.18. The van der Waals surface area contributed by atoms with Crippen LogP contribution in [-0.4, -0.2) is 16.7 Å². The van der Waals surface area contributed by atoms with E-state index in [4.69, 9.17) is 0 Å². The average molecular weight is 409 g/mol. The van der Waals surface area contributed by atoms with Crippen LogP contribution in [0.5, 0.6) is 0 Å². The Morgan fingerprint density at radius 1 is 0.885 bits per heavy atom. The van der Waals surface area contributed by atoms with Crippen LogP contribution >= 0.6 is 15.9 Å². The Balaban J connectivity index is 1.59. The fraction of sp³-hybridized carbons (Fsp3) is 0.0952. The van der Waals surface area contributed by atoms with E-state index in [9.17, 15) is 9.59 Å². The van der Waals surface area contributed by atoms with E-state index in [1.54, 1.807) is 30.6 Å². The van der Waals surface area contributed by atoms with Gasteiger partial charge in [0, 0.05) is 35.4 Å². The third-order valence-corrected chi connectivity index (χ3v) is 4.55. The first-order valence-electron chi connectivity index (χ1n) is 8.17. The monoisotopic (exact) mass is 408 g/mol. The molecule has 130 valence electrons. The molecule has 1 N–H and O–H groups in total. The number of nitrogens with zero attached hydrogens (tertiary/aromatic N) is 1. The van der Waals surface area contributed by atoms with Crippen molar-refractivity contribution in [3.8, 4) is 0 Å². The fourth-order valence-electron chi connectivity index (χ4n) is 2.57. The number of anilines is 1. The molecule has 3 rings (SSSR count). The largest absolute Gasteiger partial charge is 0.322 e. The van der Waals surface area contributed by atoms with Gasteiger partial charge in [0.25, 0.3) is 5.91 Å². The maximum Gasteiger partial charge on any atom is 0.256 e. The number of carbonyl (C=O) groups is 2. The predicted octanol–water partition coefficient (Wildman–Crippen LogP) is 4.45. The van der Waals surface area contributed by atoms with Gasteiger partial charge in [-0.3, -0.25) is 14.6 Å². The number of hydrogen-bond acceptors (Lipinski definition) is 3. The first-order chi connectivity index (χ1) is 12.6. The van der Waals surface area contributed by atoms with Gasteiger partial charge in [-0.2, -0.15) is 0 Å². The lowest BCUT2D eigenvalue weighted by Crippen LogP contribution is -2.12. The minimum Gasteiger partial charge on any atom is -0.322 e. The minimum absolute atomic E-state index is 0.128. The van der Waals surface area contributed by atoms with Gasteiger partial charge in [-0.05, 0) is 57.4 Å². The first kappa shape index (κ1) is 18.0. The second-order valence-electron chi connectivity index (χ2n) is 5.88. The highest BCUT2D eigenvalue weighted by atomic mass is 79.9. The number of Topliss-reactive ketones (excluding diaryl/α,β-unsaturated/α-hetero) is 1. The lowest BCUT2D eigenvalue weighted by Gasteiger charge is -2.08. The van der Waals surface area contributed by atoms with Gasteiger partial charge in [-0.1, -0.05) is 30.3 Å². The van der Waals surface area contributed by atoms with Crippen LogP contribution < -0.4 is 5.32 Å². The molecule has 1 heterocycles. The van der Waals surface area contributed by atoms with Crippen LogP contribution in [-0.2, 0) is 17.6 Å². The van der Waals surface area contributed by atoms with Crippen molar-refractivity contribution in [1.29, 1.82) is 0 Å². The molecule has 0 spiro atoms. The van der Waals surface area contributed by atoms with Crippen LogP contribution in [0.1, 0.15) is 21.5 Å². The van der Waals surface area contributed by atoms with Gasteiger partial charge in [0.15, 0.2) is 0 Å². The van der Waals surface area contributed by atoms with Crippen molar-refractivity contribution < 1.29 is 9.59 Å². The molecule has 0 bridgehead atoms. The van der Waals surface area contributed by atoms with E-state index in [-0.39, 0.29) is 11.7 Å². The number of pyridine rings is 1. The zero-order valence-electron chi connectivity index (χ0n) is 14.0. The quantitative estimate of drug-likeness (QED) is 0.655. The molecular formula is C21H17BrN2O2. The number of carbonyl (C=O) groups excluding carboxylic acids is 2. The van der Waals surface area contributed by atoms with Gasteiger partial charge in [-0.25, -0.2) is 0 Å².